The standard InChI is InChI=1S/C32H35ClFN7O2/c1-21(34)31(42)41-17-16-40(18-23(41)11-13-35)30-25-12-15-39(28-10-4-7-22-6-3-9-26(33)29(22)28)19-27(25)36-32(37-30)43-20-24-8-5-14-38(24)2/h3-4,6-7,9-10,23-24H,1,5,8,11-12,14-20H2,2H3/t23-,24+/m0/s1. The fourth-order valence-corrected chi connectivity index (χ4v) is 6.85. The van der Waals surface area contributed by atoms with Crippen LogP contribution in [0.1, 0.15) is 30.5 Å². The Kier molecular flexibility index (Phi) is 8.37. The summed E-state index contributed by atoms with van der Waals surface area (Å²) in [5.74, 6) is -1.03. The number of ether oxygens (including phenoxy) is 1. The third kappa shape index (κ3) is 5.84. The third-order valence-electron chi connectivity index (χ3n) is 8.87. The Morgan fingerprint density at radius 1 is 1.14 bits per heavy atom. The van der Waals surface area contributed by atoms with Gasteiger partial charge in [-0.05, 0) is 50.4 Å². The van der Waals surface area contributed by atoms with Crippen LogP contribution in [0.3, 0.4) is 0 Å². The summed E-state index contributed by atoms with van der Waals surface area (Å²) in [6.07, 6.45) is 2.98. The molecule has 2 aromatic carbocycles. The maximum absolute atomic E-state index is 13.8. The van der Waals surface area contributed by atoms with Gasteiger partial charge in [-0.3, -0.25) is 4.79 Å². The number of fused-ring (bicyclic) bond motifs is 2. The van der Waals surface area contributed by atoms with Crippen molar-refractivity contribution in [2.75, 3.05) is 56.2 Å². The van der Waals surface area contributed by atoms with Crippen LogP contribution in [0.5, 0.6) is 6.01 Å². The van der Waals surface area contributed by atoms with Gasteiger partial charge in [0.25, 0.3) is 5.91 Å². The van der Waals surface area contributed by atoms with Gasteiger partial charge in [0.15, 0.2) is 5.83 Å². The second-order valence-electron chi connectivity index (χ2n) is 11.5. The number of carbonyl (C=O) groups excluding carboxylic acids is 1. The van der Waals surface area contributed by atoms with Crippen molar-refractivity contribution in [2.45, 2.75) is 44.3 Å². The van der Waals surface area contributed by atoms with Crippen LogP contribution >= 0.6 is 11.6 Å². The number of nitriles is 1. The van der Waals surface area contributed by atoms with E-state index in [2.05, 4.69) is 52.6 Å². The first-order valence-electron chi connectivity index (χ1n) is 14.8. The molecule has 2 saturated heterocycles. The fraction of sp³-hybridized carbons (Fsp3) is 0.438. The third-order valence-corrected chi connectivity index (χ3v) is 9.19. The monoisotopic (exact) mass is 603 g/mol. The highest BCUT2D eigenvalue weighted by Gasteiger charge is 2.35. The lowest BCUT2D eigenvalue weighted by atomic mass is 10.0. The SMILES string of the molecule is C=C(F)C(=O)N1CCN(c2nc(OC[C@H]3CCCN3C)nc3c2CCN(c2cccc4cccc(Cl)c24)C3)C[C@@H]1CC#N. The van der Waals surface area contributed by atoms with Gasteiger partial charge >= 0.3 is 6.01 Å². The molecule has 3 aromatic rings. The Morgan fingerprint density at radius 2 is 1.95 bits per heavy atom. The van der Waals surface area contributed by atoms with Crippen LogP contribution in [0.2, 0.25) is 5.02 Å². The van der Waals surface area contributed by atoms with Crippen LogP contribution in [0.25, 0.3) is 10.8 Å². The van der Waals surface area contributed by atoms with Gasteiger partial charge < -0.3 is 24.3 Å². The van der Waals surface area contributed by atoms with Crippen molar-refractivity contribution in [1.29, 1.82) is 5.26 Å². The number of aromatic nitrogens is 2. The van der Waals surface area contributed by atoms with Gasteiger partial charge in [0.1, 0.15) is 12.4 Å². The molecule has 11 heteroatoms. The number of carbonyl (C=O) groups is 1. The van der Waals surface area contributed by atoms with Crippen LogP contribution in [0.4, 0.5) is 15.9 Å². The molecular formula is C32H35ClFN7O2. The van der Waals surface area contributed by atoms with Crippen molar-refractivity contribution < 1.29 is 13.9 Å². The highest BCUT2D eigenvalue weighted by molar-refractivity contribution is 6.36. The Bertz CT molecular complexity index is 1590. The molecule has 0 bridgehead atoms. The van der Waals surface area contributed by atoms with Crippen molar-refractivity contribution in [3.05, 3.63) is 65.1 Å². The summed E-state index contributed by atoms with van der Waals surface area (Å²) in [5.41, 5.74) is 2.96. The van der Waals surface area contributed by atoms with E-state index in [-0.39, 0.29) is 13.0 Å². The lowest BCUT2D eigenvalue weighted by Gasteiger charge is -2.42. The zero-order chi connectivity index (χ0) is 30.1. The van der Waals surface area contributed by atoms with E-state index in [1.165, 1.54) is 4.90 Å². The molecule has 9 nitrogen and oxygen atoms in total. The normalized spacial score (nSPS) is 20.7. The molecule has 0 aliphatic carbocycles. The summed E-state index contributed by atoms with van der Waals surface area (Å²) >= 11 is 6.68. The number of rotatable bonds is 7. The Balaban J connectivity index is 1.34. The van der Waals surface area contributed by atoms with Crippen molar-refractivity contribution in [1.82, 2.24) is 19.8 Å². The molecular weight excluding hydrogens is 569 g/mol. The van der Waals surface area contributed by atoms with E-state index >= 15 is 0 Å². The molecule has 1 amide bonds. The molecule has 2 fully saturated rings. The first kappa shape index (κ1) is 29.1. The average molecular weight is 604 g/mol. The van der Waals surface area contributed by atoms with E-state index in [0.29, 0.717) is 49.7 Å². The highest BCUT2D eigenvalue weighted by Crippen LogP contribution is 2.37. The molecule has 3 aliphatic rings. The number of nitrogens with zero attached hydrogens (tertiary/aromatic N) is 7. The molecule has 6 rings (SSSR count). The number of likely N-dealkylation sites (N-methyl/N-ethyl adjacent to an activating group) is 1. The van der Waals surface area contributed by atoms with Gasteiger partial charge in [-0.15, -0.1) is 0 Å². The predicted octanol–water partition coefficient (Wildman–Crippen LogP) is 4.73. The number of halogens is 2. The minimum Gasteiger partial charge on any atom is -0.462 e. The minimum absolute atomic E-state index is 0.0792. The molecule has 43 heavy (non-hydrogen) atoms. The summed E-state index contributed by atoms with van der Waals surface area (Å²) in [7, 11) is 2.11. The largest absolute Gasteiger partial charge is 0.462 e. The van der Waals surface area contributed by atoms with Crippen LogP contribution in [-0.4, -0.2) is 84.1 Å². The van der Waals surface area contributed by atoms with Crippen LogP contribution in [-0.2, 0) is 17.8 Å². The Morgan fingerprint density at radius 3 is 2.70 bits per heavy atom. The van der Waals surface area contributed by atoms with Crippen molar-refractivity contribution in [3.63, 3.8) is 0 Å². The summed E-state index contributed by atoms with van der Waals surface area (Å²) in [6.45, 7) is 7.06. The van der Waals surface area contributed by atoms with Gasteiger partial charge in [0.05, 0.1) is 35.8 Å². The molecule has 0 N–H and O–H groups in total. The van der Waals surface area contributed by atoms with Crippen molar-refractivity contribution >= 4 is 39.8 Å². The Hall–Kier alpha value is -3.94. The van der Waals surface area contributed by atoms with E-state index in [9.17, 15) is 14.4 Å². The second-order valence-corrected chi connectivity index (χ2v) is 11.9. The summed E-state index contributed by atoms with van der Waals surface area (Å²) in [4.78, 5) is 30.4. The first-order valence-corrected chi connectivity index (χ1v) is 15.1. The van der Waals surface area contributed by atoms with Gasteiger partial charge in [0, 0.05) is 48.9 Å². The summed E-state index contributed by atoms with van der Waals surface area (Å²) < 4.78 is 20.0. The molecule has 2 atom stereocenters. The van der Waals surface area contributed by atoms with Gasteiger partial charge in [-0.2, -0.15) is 15.2 Å². The summed E-state index contributed by atoms with van der Waals surface area (Å²) in [6, 6.07) is 14.4. The summed E-state index contributed by atoms with van der Waals surface area (Å²) in [5, 5.41) is 12.3. The van der Waals surface area contributed by atoms with Crippen molar-refractivity contribution in [2.24, 2.45) is 0 Å². The van der Waals surface area contributed by atoms with Crippen LogP contribution in [0.15, 0.2) is 48.8 Å². The topological polar surface area (TPSA) is 88.8 Å². The lowest BCUT2D eigenvalue weighted by molar-refractivity contribution is -0.131. The van der Waals surface area contributed by atoms with Crippen LogP contribution < -0.4 is 14.5 Å². The maximum atomic E-state index is 13.8. The zero-order valence-electron chi connectivity index (χ0n) is 24.3. The number of likely N-dealkylation sites (tertiary alicyclic amines) is 1. The van der Waals surface area contributed by atoms with Crippen molar-refractivity contribution in [3.8, 4) is 12.1 Å². The average Bonchev–Trinajstić information content (AvgIpc) is 3.43. The smallest absolute Gasteiger partial charge is 0.318 e. The van der Waals surface area contributed by atoms with E-state index in [1.807, 2.05) is 18.2 Å². The molecule has 0 unspecified atom stereocenters. The molecule has 0 saturated carbocycles. The number of amides is 1. The maximum Gasteiger partial charge on any atom is 0.318 e. The molecule has 1 aromatic heterocycles. The van der Waals surface area contributed by atoms with E-state index in [0.717, 1.165) is 59.5 Å². The lowest BCUT2D eigenvalue weighted by Crippen LogP contribution is -2.55. The number of anilines is 2. The Labute approximate surface area is 256 Å². The van der Waals surface area contributed by atoms with Crippen LogP contribution in [0, 0.1) is 11.3 Å². The van der Waals surface area contributed by atoms with Gasteiger partial charge in [-0.25, -0.2) is 4.39 Å². The molecule has 224 valence electrons. The fourth-order valence-electron chi connectivity index (χ4n) is 6.57. The first-order chi connectivity index (χ1) is 20.8. The second kappa shape index (κ2) is 12.3. The van der Waals surface area contributed by atoms with E-state index in [1.54, 1.807) is 0 Å². The number of hydrogen-bond acceptors (Lipinski definition) is 8. The molecule has 4 heterocycles. The number of piperazine rings is 1. The molecule has 3 aliphatic heterocycles. The van der Waals surface area contributed by atoms with Gasteiger partial charge in [-0.1, -0.05) is 42.4 Å². The zero-order valence-corrected chi connectivity index (χ0v) is 25.1. The van der Waals surface area contributed by atoms with E-state index < -0.39 is 17.8 Å². The molecule has 0 spiro atoms. The number of hydrogen-bond donors (Lipinski definition) is 0. The quantitative estimate of drug-likeness (QED) is 0.358. The van der Waals surface area contributed by atoms with Gasteiger partial charge in [0.2, 0.25) is 0 Å². The molecule has 0 radical (unpaired) electrons. The highest BCUT2D eigenvalue weighted by atomic mass is 35.5. The predicted molar refractivity (Wildman–Crippen MR) is 165 cm³/mol. The minimum atomic E-state index is -1.02. The van der Waals surface area contributed by atoms with E-state index in [4.69, 9.17) is 26.3 Å². The number of benzene rings is 2.